The maximum atomic E-state index is 12.9. The van der Waals surface area contributed by atoms with Crippen molar-refractivity contribution in [2.24, 2.45) is 11.8 Å². The Labute approximate surface area is 162 Å². The van der Waals surface area contributed by atoms with Gasteiger partial charge in [0.1, 0.15) is 0 Å². The Bertz CT molecular complexity index is 760. The molecule has 0 bridgehead atoms. The normalized spacial score (nSPS) is 22.4. The summed E-state index contributed by atoms with van der Waals surface area (Å²) in [6.07, 6.45) is 12.3. The van der Waals surface area contributed by atoms with Gasteiger partial charge in [-0.2, -0.15) is 4.31 Å². The zero-order valence-corrected chi connectivity index (χ0v) is 17.0. The molecule has 0 spiro atoms. The summed E-state index contributed by atoms with van der Waals surface area (Å²) < 4.78 is 27.5. The van der Waals surface area contributed by atoms with Gasteiger partial charge < -0.3 is 0 Å². The predicted molar refractivity (Wildman–Crippen MR) is 108 cm³/mol. The fourth-order valence-corrected chi connectivity index (χ4v) is 5.66. The Morgan fingerprint density at radius 3 is 2.46 bits per heavy atom. The first-order chi connectivity index (χ1) is 12.5. The Morgan fingerprint density at radius 2 is 1.85 bits per heavy atom. The smallest absolute Gasteiger partial charge is 0.207 e. The van der Waals surface area contributed by atoms with Gasteiger partial charge in [-0.3, -0.25) is 0 Å². The lowest BCUT2D eigenvalue weighted by Crippen LogP contribution is -2.40. The summed E-state index contributed by atoms with van der Waals surface area (Å²) in [7, 11) is -3.40. The van der Waals surface area contributed by atoms with Gasteiger partial charge in [0, 0.05) is 24.0 Å². The second kappa shape index (κ2) is 8.73. The van der Waals surface area contributed by atoms with Gasteiger partial charge in [-0.05, 0) is 55.7 Å². The first kappa shape index (κ1) is 19.7. The molecule has 1 heterocycles. The quantitative estimate of drug-likeness (QED) is 0.628. The molecule has 1 aliphatic heterocycles. The Balaban J connectivity index is 1.63. The number of unbranched alkanes of at least 4 members (excludes halogenated alkanes) is 1. The standard InChI is InChI=1S/C21H28ClNO2S/c1-2-3-6-17-9-11-19(12-10-17)26(24,25)23-15-13-18(14-16-23)20-7-4-5-8-21(20)22/h4,7-12,18,20H,2-3,5-6,13-16H2,1H3. The van der Waals surface area contributed by atoms with Crippen LogP contribution in [0.15, 0.2) is 52.4 Å². The molecule has 1 unspecified atom stereocenters. The van der Waals surface area contributed by atoms with Crippen LogP contribution in [0.3, 0.4) is 0 Å². The van der Waals surface area contributed by atoms with Crippen molar-refractivity contribution in [2.45, 2.75) is 50.3 Å². The third kappa shape index (κ3) is 4.41. The van der Waals surface area contributed by atoms with Gasteiger partial charge in [0.15, 0.2) is 0 Å². The predicted octanol–water partition coefficient (Wildman–Crippen LogP) is 5.13. The van der Waals surface area contributed by atoms with E-state index in [1.165, 1.54) is 5.56 Å². The summed E-state index contributed by atoms with van der Waals surface area (Å²) >= 11 is 6.37. The minimum absolute atomic E-state index is 0.258. The van der Waals surface area contributed by atoms with E-state index in [0.29, 0.717) is 23.9 Å². The summed E-state index contributed by atoms with van der Waals surface area (Å²) in [6.45, 7) is 3.30. The van der Waals surface area contributed by atoms with Gasteiger partial charge in [0.2, 0.25) is 10.0 Å². The van der Waals surface area contributed by atoms with Crippen LogP contribution in [0.25, 0.3) is 0 Å². The van der Waals surface area contributed by atoms with E-state index in [1.54, 1.807) is 16.4 Å². The SMILES string of the molecule is CCCCc1ccc(S(=O)(=O)N2CCC(C3C=CCC=C3Cl)CC2)cc1. The van der Waals surface area contributed by atoms with Crippen LogP contribution in [-0.2, 0) is 16.4 Å². The summed E-state index contributed by atoms with van der Waals surface area (Å²) in [5.74, 6) is 0.686. The van der Waals surface area contributed by atoms with Crippen molar-refractivity contribution >= 4 is 21.6 Å². The first-order valence-electron chi connectivity index (χ1n) is 9.63. The molecule has 1 aliphatic carbocycles. The number of aryl methyl sites for hydroxylation is 1. The average molecular weight is 394 g/mol. The lowest BCUT2D eigenvalue weighted by atomic mass is 9.82. The van der Waals surface area contributed by atoms with Gasteiger partial charge in [0.05, 0.1) is 4.90 Å². The number of benzene rings is 1. The van der Waals surface area contributed by atoms with Crippen LogP contribution in [0, 0.1) is 11.8 Å². The monoisotopic (exact) mass is 393 g/mol. The molecule has 2 aliphatic rings. The lowest BCUT2D eigenvalue weighted by molar-refractivity contribution is 0.248. The third-order valence-corrected chi connectivity index (χ3v) is 7.82. The molecule has 142 valence electrons. The maximum absolute atomic E-state index is 12.9. The van der Waals surface area contributed by atoms with Crippen molar-refractivity contribution in [3.63, 3.8) is 0 Å². The summed E-state index contributed by atoms with van der Waals surface area (Å²) in [4.78, 5) is 0.409. The maximum Gasteiger partial charge on any atom is 0.243 e. The van der Waals surface area contributed by atoms with Crippen LogP contribution in [0.2, 0.25) is 0 Å². The van der Waals surface area contributed by atoms with Gasteiger partial charge in [-0.25, -0.2) is 8.42 Å². The highest BCUT2D eigenvalue weighted by Crippen LogP contribution is 2.36. The van der Waals surface area contributed by atoms with Crippen molar-refractivity contribution in [1.82, 2.24) is 4.31 Å². The minimum atomic E-state index is -3.40. The van der Waals surface area contributed by atoms with Crippen LogP contribution in [0.5, 0.6) is 0 Å². The molecular formula is C21H28ClNO2S. The second-order valence-corrected chi connectivity index (χ2v) is 9.64. The largest absolute Gasteiger partial charge is 0.243 e. The van der Waals surface area contributed by atoms with E-state index in [-0.39, 0.29) is 5.92 Å². The molecule has 26 heavy (non-hydrogen) atoms. The Hall–Kier alpha value is -1.10. The molecule has 1 fully saturated rings. The number of rotatable bonds is 6. The molecule has 1 atom stereocenters. The van der Waals surface area contributed by atoms with Crippen LogP contribution in [0.1, 0.15) is 44.6 Å². The van der Waals surface area contributed by atoms with E-state index < -0.39 is 10.0 Å². The van der Waals surface area contributed by atoms with Crippen molar-refractivity contribution in [1.29, 1.82) is 0 Å². The van der Waals surface area contributed by atoms with Crippen LogP contribution in [-0.4, -0.2) is 25.8 Å². The van der Waals surface area contributed by atoms with Crippen molar-refractivity contribution in [2.75, 3.05) is 13.1 Å². The van der Waals surface area contributed by atoms with E-state index in [9.17, 15) is 8.42 Å². The summed E-state index contributed by atoms with van der Waals surface area (Å²) in [5, 5.41) is 0.913. The molecule has 1 aromatic rings. The van der Waals surface area contributed by atoms with Crippen molar-refractivity contribution in [3.8, 4) is 0 Å². The number of hydrogen-bond acceptors (Lipinski definition) is 2. The fourth-order valence-electron chi connectivity index (χ4n) is 3.85. The van der Waals surface area contributed by atoms with Gasteiger partial charge in [0.25, 0.3) is 0 Å². The molecule has 1 saturated heterocycles. The molecular weight excluding hydrogens is 366 g/mol. The lowest BCUT2D eigenvalue weighted by Gasteiger charge is -2.35. The van der Waals surface area contributed by atoms with Crippen LogP contribution < -0.4 is 0 Å². The highest BCUT2D eigenvalue weighted by Gasteiger charge is 2.33. The van der Waals surface area contributed by atoms with Gasteiger partial charge in [-0.1, -0.05) is 55.3 Å². The van der Waals surface area contributed by atoms with Gasteiger partial charge >= 0.3 is 0 Å². The fraction of sp³-hybridized carbons (Fsp3) is 0.524. The minimum Gasteiger partial charge on any atom is -0.207 e. The van der Waals surface area contributed by atoms with Crippen LogP contribution in [0.4, 0.5) is 0 Å². The highest BCUT2D eigenvalue weighted by molar-refractivity contribution is 7.89. The van der Waals surface area contributed by atoms with E-state index >= 15 is 0 Å². The van der Waals surface area contributed by atoms with E-state index in [2.05, 4.69) is 25.2 Å². The summed E-state index contributed by atoms with van der Waals surface area (Å²) in [5.41, 5.74) is 1.20. The molecule has 0 aromatic heterocycles. The van der Waals surface area contributed by atoms with E-state index in [0.717, 1.165) is 43.6 Å². The zero-order valence-electron chi connectivity index (χ0n) is 15.4. The molecule has 0 saturated carbocycles. The number of halogens is 1. The first-order valence-corrected chi connectivity index (χ1v) is 11.5. The van der Waals surface area contributed by atoms with Crippen molar-refractivity contribution in [3.05, 3.63) is 53.1 Å². The van der Waals surface area contributed by atoms with Crippen LogP contribution >= 0.6 is 11.6 Å². The van der Waals surface area contributed by atoms with Gasteiger partial charge in [-0.15, -0.1) is 0 Å². The van der Waals surface area contributed by atoms with Crippen molar-refractivity contribution < 1.29 is 8.42 Å². The third-order valence-electron chi connectivity index (χ3n) is 5.50. The van der Waals surface area contributed by atoms with E-state index in [4.69, 9.17) is 11.6 Å². The average Bonchev–Trinajstić information content (AvgIpc) is 2.67. The number of piperidine rings is 1. The number of nitrogens with zero attached hydrogens (tertiary/aromatic N) is 1. The Kier molecular flexibility index (Phi) is 6.60. The number of hydrogen-bond donors (Lipinski definition) is 0. The molecule has 3 nitrogen and oxygen atoms in total. The topological polar surface area (TPSA) is 37.4 Å². The highest BCUT2D eigenvalue weighted by atomic mass is 35.5. The van der Waals surface area contributed by atoms with E-state index in [1.807, 2.05) is 12.1 Å². The Morgan fingerprint density at radius 1 is 1.15 bits per heavy atom. The molecule has 5 heteroatoms. The summed E-state index contributed by atoms with van der Waals surface area (Å²) in [6, 6.07) is 7.42. The zero-order chi connectivity index (χ0) is 18.6. The second-order valence-electron chi connectivity index (χ2n) is 7.27. The molecule has 1 aromatic carbocycles. The molecule has 0 radical (unpaired) electrons. The number of sulfonamides is 1. The number of allylic oxidation sites excluding steroid dienone is 4. The molecule has 0 N–H and O–H groups in total. The molecule has 0 amide bonds. The molecule has 3 rings (SSSR count).